The second kappa shape index (κ2) is 13.3. The number of carbonyl (C=O) groups excluding carboxylic acids is 1. The van der Waals surface area contributed by atoms with Crippen molar-refractivity contribution >= 4 is 30.4 Å². The van der Waals surface area contributed by atoms with E-state index in [1.54, 1.807) is 13.8 Å². The first-order valence-corrected chi connectivity index (χ1v) is 14.3. The van der Waals surface area contributed by atoms with Crippen molar-refractivity contribution in [2.24, 2.45) is 5.41 Å². The third-order valence-electron chi connectivity index (χ3n) is 5.72. The molecule has 1 aromatic carbocycles. The molecule has 1 aromatic heterocycles. The van der Waals surface area contributed by atoms with Gasteiger partial charge in [-0.05, 0) is 25.5 Å². The Bertz CT molecular complexity index is 1180. The minimum absolute atomic E-state index is 0.0125. The van der Waals surface area contributed by atoms with Crippen LogP contribution in [0.15, 0.2) is 47.4 Å². The number of carbonyl (C=O) groups is 1. The first kappa shape index (κ1) is 30.4. The SMILES string of the molecule is CC(C)(CO)C(=O)SCCOP(=O)(NCc1ccccc1)OC[C@H]1O[C@@H](n2ccc(N)nc2=O)C(O)C1O. The number of aromatic nitrogens is 2. The number of aliphatic hydroxyl groups excluding tert-OH is 3. The summed E-state index contributed by atoms with van der Waals surface area (Å²) in [6, 6.07) is 10.4. The van der Waals surface area contributed by atoms with Crippen LogP contribution in [0.1, 0.15) is 25.6 Å². The van der Waals surface area contributed by atoms with Crippen LogP contribution < -0.4 is 16.5 Å². The predicted molar refractivity (Wildman–Crippen MR) is 140 cm³/mol. The first-order chi connectivity index (χ1) is 18.0. The third-order valence-corrected chi connectivity index (χ3v) is 8.46. The molecule has 13 nitrogen and oxygen atoms in total. The molecule has 2 aromatic rings. The fourth-order valence-electron chi connectivity index (χ4n) is 3.35. The van der Waals surface area contributed by atoms with Crippen molar-refractivity contribution in [1.29, 1.82) is 0 Å². The monoisotopic (exact) mass is 572 g/mol. The maximum absolute atomic E-state index is 13.5. The van der Waals surface area contributed by atoms with Crippen molar-refractivity contribution < 1.29 is 38.5 Å². The zero-order chi connectivity index (χ0) is 27.9. The number of rotatable bonds is 13. The van der Waals surface area contributed by atoms with E-state index in [-0.39, 0.29) is 36.4 Å². The van der Waals surface area contributed by atoms with Crippen molar-refractivity contribution in [3.05, 3.63) is 58.6 Å². The minimum Gasteiger partial charge on any atom is -0.395 e. The van der Waals surface area contributed by atoms with Crippen LogP contribution in [0, 0.1) is 5.41 Å². The predicted octanol–water partition coefficient (Wildman–Crippen LogP) is 0.654. The summed E-state index contributed by atoms with van der Waals surface area (Å²) in [4.78, 5) is 28.0. The highest BCUT2D eigenvalue weighted by atomic mass is 32.2. The minimum atomic E-state index is -3.99. The summed E-state index contributed by atoms with van der Waals surface area (Å²) in [6.45, 7) is 2.48. The van der Waals surface area contributed by atoms with Crippen molar-refractivity contribution in [1.82, 2.24) is 14.6 Å². The molecule has 0 bridgehead atoms. The van der Waals surface area contributed by atoms with E-state index in [4.69, 9.17) is 19.5 Å². The quantitative estimate of drug-likeness (QED) is 0.166. The summed E-state index contributed by atoms with van der Waals surface area (Å²) in [7, 11) is -3.99. The normalized spacial score (nSPS) is 23.3. The highest BCUT2D eigenvalue weighted by molar-refractivity contribution is 8.13. The van der Waals surface area contributed by atoms with Crippen LogP contribution in [0.4, 0.5) is 5.82 Å². The summed E-state index contributed by atoms with van der Waals surface area (Å²) in [5.41, 5.74) is 4.59. The summed E-state index contributed by atoms with van der Waals surface area (Å²) in [5.74, 6) is 0.139. The first-order valence-electron chi connectivity index (χ1n) is 11.8. The van der Waals surface area contributed by atoms with Crippen molar-refractivity contribution in [3.63, 3.8) is 0 Å². The van der Waals surface area contributed by atoms with E-state index in [0.29, 0.717) is 0 Å². The van der Waals surface area contributed by atoms with Crippen LogP contribution in [-0.2, 0) is 29.7 Å². The number of nitrogens with two attached hydrogens (primary N) is 1. The number of ether oxygens (including phenoxy) is 1. The molecule has 0 radical (unpaired) electrons. The fraction of sp³-hybridized carbons (Fsp3) is 0.522. The molecule has 0 aliphatic carbocycles. The van der Waals surface area contributed by atoms with E-state index in [9.17, 15) is 29.5 Å². The molecular weight excluding hydrogens is 539 g/mol. The van der Waals surface area contributed by atoms with Gasteiger partial charge in [-0.3, -0.25) is 18.4 Å². The Morgan fingerprint density at radius 2 is 1.95 bits per heavy atom. The van der Waals surface area contributed by atoms with Gasteiger partial charge in [0, 0.05) is 18.5 Å². The average molecular weight is 573 g/mol. The standard InChI is InChI=1S/C23H33N4O9PS/c1-23(2,14-28)21(31)38-11-10-34-37(33,25-12-15-6-4-3-5-7-15)35-13-16-18(29)19(30)20(36-16)27-9-8-17(24)26-22(27)32/h3-9,16,18-20,28-30H,10-14H2,1-2H3,(H,25,33)(H2,24,26,32)/t16-,18?,19?,20-,37?/m1/s1. The Balaban J connectivity index is 1.64. The molecule has 3 unspecified atom stereocenters. The molecule has 1 fully saturated rings. The molecule has 6 N–H and O–H groups in total. The molecule has 0 amide bonds. The van der Waals surface area contributed by atoms with E-state index in [1.165, 1.54) is 12.3 Å². The number of hydrogen-bond acceptors (Lipinski definition) is 12. The molecule has 0 spiro atoms. The van der Waals surface area contributed by atoms with Crippen LogP contribution in [0.25, 0.3) is 0 Å². The number of aliphatic hydroxyl groups is 3. The van der Waals surface area contributed by atoms with Crippen LogP contribution in [0.2, 0.25) is 0 Å². The third kappa shape index (κ3) is 7.94. The van der Waals surface area contributed by atoms with Crippen LogP contribution in [0.5, 0.6) is 0 Å². The van der Waals surface area contributed by atoms with E-state index >= 15 is 0 Å². The van der Waals surface area contributed by atoms with Gasteiger partial charge in [-0.2, -0.15) is 4.98 Å². The number of hydrogen-bond donors (Lipinski definition) is 5. The summed E-state index contributed by atoms with van der Waals surface area (Å²) in [5, 5.41) is 32.8. The number of nitrogens with one attached hydrogen (secondary N) is 1. The molecule has 0 saturated carbocycles. The van der Waals surface area contributed by atoms with Crippen molar-refractivity contribution in [3.8, 4) is 0 Å². The Hall–Kier alpha value is -2.13. The van der Waals surface area contributed by atoms with Crippen molar-refractivity contribution in [2.45, 2.75) is 44.9 Å². The molecule has 2 heterocycles. The van der Waals surface area contributed by atoms with Gasteiger partial charge in [0.15, 0.2) is 11.3 Å². The van der Waals surface area contributed by atoms with Gasteiger partial charge in [0.25, 0.3) is 0 Å². The van der Waals surface area contributed by atoms with E-state index in [1.807, 2.05) is 30.3 Å². The van der Waals surface area contributed by atoms with Gasteiger partial charge >= 0.3 is 13.4 Å². The van der Waals surface area contributed by atoms with Gasteiger partial charge in [0.2, 0.25) is 0 Å². The van der Waals surface area contributed by atoms with E-state index in [2.05, 4.69) is 10.1 Å². The summed E-state index contributed by atoms with van der Waals surface area (Å²) < 4.78 is 31.2. The Kier molecular flexibility index (Phi) is 10.6. The number of benzene rings is 1. The van der Waals surface area contributed by atoms with Gasteiger partial charge in [0.1, 0.15) is 24.1 Å². The van der Waals surface area contributed by atoms with Gasteiger partial charge < -0.3 is 25.8 Å². The smallest absolute Gasteiger partial charge is 0.395 e. The highest BCUT2D eigenvalue weighted by Gasteiger charge is 2.45. The second-order valence-corrected chi connectivity index (χ2v) is 12.1. The Labute approximate surface area is 223 Å². The molecule has 5 atom stereocenters. The van der Waals surface area contributed by atoms with Crippen LogP contribution >= 0.6 is 19.5 Å². The van der Waals surface area contributed by atoms with E-state index < -0.39 is 50.0 Å². The molecular formula is C23H33N4O9PS. The lowest BCUT2D eigenvalue weighted by Gasteiger charge is -2.23. The summed E-state index contributed by atoms with van der Waals surface area (Å²) >= 11 is 0.934. The lowest BCUT2D eigenvalue weighted by Crippen LogP contribution is -2.36. The maximum atomic E-state index is 13.5. The number of nitrogen functional groups attached to an aromatic ring is 1. The zero-order valence-corrected chi connectivity index (χ0v) is 22.7. The molecule has 1 aliphatic rings. The lowest BCUT2D eigenvalue weighted by atomic mass is 9.97. The van der Waals surface area contributed by atoms with E-state index in [0.717, 1.165) is 21.9 Å². The molecule has 3 rings (SSSR count). The van der Waals surface area contributed by atoms with Crippen molar-refractivity contribution in [2.75, 3.05) is 31.3 Å². The number of nitrogens with zero attached hydrogens (tertiary/aromatic N) is 2. The summed E-state index contributed by atoms with van der Waals surface area (Å²) in [6.07, 6.45) is -4.12. The molecule has 1 aliphatic heterocycles. The largest absolute Gasteiger partial charge is 0.405 e. The zero-order valence-electron chi connectivity index (χ0n) is 21.0. The van der Waals surface area contributed by atoms with Gasteiger partial charge in [0.05, 0.1) is 25.2 Å². The number of anilines is 1. The van der Waals surface area contributed by atoms with Gasteiger partial charge in [-0.15, -0.1) is 0 Å². The van der Waals surface area contributed by atoms with Gasteiger partial charge in [-0.25, -0.2) is 14.4 Å². The Morgan fingerprint density at radius 3 is 2.61 bits per heavy atom. The Morgan fingerprint density at radius 1 is 1.24 bits per heavy atom. The number of thioether (sulfide) groups is 1. The van der Waals surface area contributed by atoms with Crippen LogP contribution in [-0.4, -0.2) is 73.9 Å². The highest BCUT2D eigenvalue weighted by Crippen LogP contribution is 2.45. The second-order valence-electron chi connectivity index (χ2n) is 9.21. The maximum Gasteiger partial charge on any atom is 0.405 e. The fourth-order valence-corrected chi connectivity index (χ4v) is 5.59. The topological polar surface area (TPSA) is 195 Å². The van der Waals surface area contributed by atoms with Crippen LogP contribution in [0.3, 0.4) is 0 Å². The molecule has 38 heavy (non-hydrogen) atoms. The van der Waals surface area contributed by atoms with Gasteiger partial charge in [-0.1, -0.05) is 42.1 Å². The molecule has 15 heteroatoms. The molecule has 1 saturated heterocycles. The average Bonchev–Trinajstić information content (AvgIpc) is 3.18. The molecule has 210 valence electrons. The lowest BCUT2D eigenvalue weighted by molar-refractivity contribution is -0.119.